The number of nitrogens with zero attached hydrogens (tertiary/aromatic N) is 3. The number of amides is 2. The van der Waals surface area contributed by atoms with Gasteiger partial charge in [-0.05, 0) is 57.5 Å². The number of pyridine rings is 1. The van der Waals surface area contributed by atoms with Crippen LogP contribution in [0.25, 0.3) is 5.82 Å². The van der Waals surface area contributed by atoms with Crippen LogP contribution in [-0.4, -0.2) is 38.9 Å². The Hall–Kier alpha value is -3.73. The van der Waals surface area contributed by atoms with Crippen molar-refractivity contribution in [2.24, 2.45) is 0 Å². The van der Waals surface area contributed by atoms with Crippen LogP contribution in [0.1, 0.15) is 59.3 Å². The maximum absolute atomic E-state index is 13.5. The third-order valence-corrected chi connectivity index (χ3v) is 5.23. The topological polar surface area (TPSA) is 107 Å². The molecule has 0 saturated heterocycles. The fourth-order valence-corrected chi connectivity index (χ4v) is 3.69. The number of hydrogen-bond donors (Lipinski definition) is 2. The van der Waals surface area contributed by atoms with Crippen molar-refractivity contribution in [3.63, 3.8) is 0 Å². The van der Waals surface area contributed by atoms with E-state index in [2.05, 4.69) is 20.7 Å². The molecule has 1 aliphatic heterocycles. The van der Waals surface area contributed by atoms with Gasteiger partial charge in [0.2, 0.25) is 6.79 Å². The quantitative estimate of drug-likeness (QED) is 0.521. The summed E-state index contributed by atoms with van der Waals surface area (Å²) in [5, 5.41) is 9.43. The molecular weight excluding hydrogens is 484 g/mol. The number of anilines is 1. The zero-order valence-electron chi connectivity index (χ0n) is 19.3. The van der Waals surface area contributed by atoms with Crippen LogP contribution in [0, 0.1) is 6.92 Å². The molecule has 2 aromatic heterocycles. The van der Waals surface area contributed by atoms with Gasteiger partial charge >= 0.3 is 0 Å². The number of ether oxygens (including phenoxy) is 2. The zero-order valence-corrected chi connectivity index (χ0v) is 20.0. The van der Waals surface area contributed by atoms with Crippen molar-refractivity contribution in [3.05, 3.63) is 58.0 Å². The Morgan fingerprint density at radius 2 is 1.94 bits per heavy atom. The Morgan fingerprint density at radius 3 is 2.60 bits per heavy atom. The summed E-state index contributed by atoms with van der Waals surface area (Å²) in [5.74, 6) is -0.794. The number of nitrogens with one attached hydrogen (secondary N) is 2. The third-order valence-electron chi connectivity index (χ3n) is 4.94. The van der Waals surface area contributed by atoms with Gasteiger partial charge in [0.1, 0.15) is 17.0 Å². The summed E-state index contributed by atoms with van der Waals surface area (Å²) < 4.78 is 38.8. The van der Waals surface area contributed by atoms with Gasteiger partial charge in [0.15, 0.2) is 17.3 Å². The lowest BCUT2D eigenvalue weighted by molar-refractivity contribution is 0.0915. The van der Waals surface area contributed by atoms with E-state index in [0.717, 1.165) is 10.7 Å². The van der Waals surface area contributed by atoms with Crippen molar-refractivity contribution in [1.82, 2.24) is 20.1 Å². The van der Waals surface area contributed by atoms with Crippen LogP contribution in [0.3, 0.4) is 0 Å². The highest BCUT2D eigenvalue weighted by Crippen LogP contribution is 2.42. The van der Waals surface area contributed by atoms with Crippen molar-refractivity contribution < 1.29 is 27.8 Å². The van der Waals surface area contributed by atoms with Gasteiger partial charge in [-0.15, -0.1) is 0 Å². The second kappa shape index (κ2) is 9.14. The maximum Gasteiger partial charge on any atom is 0.282 e. The summed E-state index contributed by atoms with van der Waals surface area (Å²) in [6.07, 6.45) is -1.55. The fraction of sp³-hybridized carbons (Fsp3) is 0.304. The molecule has 3 heterocycles. The van der Waals surface area contributed by atoms with Crippen molar-refractivity contribution >= 4 is 29.1 Å². The van der Waals surface area contributed by atoms with Crippen LogP contribution >= 0.6 is 11.6 Å². The molecule has 0 saturated carbocycles. The van der Waals surface area contributed by atoms with Gasteiger partial charge in [-0.3, -0.25) is 9.59 Å². The monoisotopic (exact) mass is 505 g/mol. The molecule has 0 fully saturated rings. The molecule has 0 aliphatic carbocycles. The highest BCUT2D eigenvalue weighted by Gasteiger charge is 2.31. The Labute approximate surface area is 204 Å². The van der Waals surface area contributed by atoms with E-state index >= 15 is 0 Å². The van der Waals surface area contributed by atoms with Crippen molar-refractivity contribution in [1.29, 1.82) is 0 Å². The smallest absolute Gasteiger partial charge is 0.282 e. The van der Waals surface area contributed by atoms with Crippen LogP contribution in [0.5, 0.6) is 11.5 Å². The van der Waals surface area contributed by atoms with Gasteiger partial charge in [-0.25, -0.2) is 18.4 Å². The number of aromatic nitrogens is 3. The molecule has 184 valence electrons. The van der Waals surface area contributed by atoms with Crippen molar-refractivity contribution in [2.75, 3.05) is 12.1 Å². The highest BCUT2D eigenvalue weighted by atomic mass is 35.5. The van der Waals surface area contributed by atoms with Gasteiger partial charge in [-0.1, -0.05) is 11.6 Å². The Balaban J connectivity index is 1.80. The second-order valence-corrected chi connectivity index (χ2v) is 9.22. The lowest BCUT2D eigenvalue weighted by atomic mass is 10.0. The first kappa shape index (κ1) is 24.4. The summed E-state index contributed by atoms with van der Waals surface area (Å²) in [4.78, 5) is 30.6. The average molecular weight is 506 g/mol. The molecule has 1 aliphatic rings. The average Bonchev–Trinajstić information content (AvgIpc) is 3.40. The Bertz CT molecular complexity index is 1320. The molecular formula is C23H22ClF2N5O4. The molecule has 3 aromatic rings. The molecule has 0 bridgehead atoms. The number of aryl methyl sites for hydroxylation is 1. The predicted molar refractivity (Wildman–Crippen MR) is 124 cm³/mol. The molecule has 9 nitrogen and oxygen atoms in total. The van der Waals surface area contributed by atoms with Gasteiger partial charge in [0.05, 0.1) is 10.7 Å². The SMILES string of the molecule is Cc1cc2c(c(C(=O)NC(C)(C)C)c1NC(=O)c1cc(C(F)F)nn1-c1ncccc1Cl)OCO2. The molecule has 4 rings (SSSR count). The van der Waals surface area contributed by atoms with Gasteiger partial charge in [0, 0.05) is 11.7 Å². The van der Waals surface area contributed by atoms with Crippen LogP contribution < -0.4 is 20.1 Å². The molecule has 2 N–H and O–H groups in total. The number of carbonyl (C=O) groups is 2. The van der Waals surface area contributed by atoms with Gasteiger partial charge < -0.3 is 20.1 Å². The van der Waals surface area contributed by atoms with E-state index in [1.807, 2.05) is 0 Å². The van der Waals surface area contributed by atoms with E-state index in [1.54, 1.807) is 39.8 Å². The molecule has 2 amide bonds. The number of alkyl halides is 2. The number of benzene rings is 1. The van der Waals surface area contributed by atoms with Crippen molar-refractivity contribution in [3.8, 4) is 17.3 Å². The van der Waals surface area contributed by atoms with E-state index in [4.69, 9.17) is 21.1 Å². The Morgan fingerprint density at radius 1 is 1.20 bits per heavy atom. The minimum Gasteiger partial charge on any atom is -0.454 e. The molecule has 0 atom stereocenters. The fourth-order valence-electron chi connectivity index (χ4n) is 3.49. The molecule has 12 heteroatoms. The summed E-state index contributed by atoms with van der Waals surface area (Å²) in [6.45, 7) is 6.99. The molecule has 0 unspecified atom stereocenters. The first-order chi connectivity index (χ1) is 16.5. The molecule has 1 aromatic carbocycles. The van der Waals surface area contributed by atoms with E-state index in [0.29, 0.717) is 11.3 Å². The molecule has 0 spiro atoms. The predicted octanol–water partition coefficient (Wildman–Crippen LogP) is 4.68. The summed E-state index contributed by atoms with van der Waals surface area (Å²) in [7, 11) is 0. The number of fused-ring (bicyclic) bond motifs is 1. The van der Waals surface area contributed by atoms with Crippen LogP contribution in [0.15, 0.2) is 30.5 Å². The highest BCUT2D eigenvalue weighted by molar-refractivity contribution is 6.32. The van der Waals surface area contributed by atoms with E-state index in [9.17, 15) is 18.4 Å². The molecule has 0 radical (unpaired) electrons. The van der Waals surface area contributed by atoms with Gasteiger partial charge in [-0.2, -0.15) is 5.10 Å². The third kappa shape index (κ3) is 4.90. The first-order valence-corrected chi connectivity index (χ1v) is 10.9. The maximum atomic E-state index is 13.5. The largest absolute Gasteiger partial charge is 0.454 e. The van der Waals surface area contributed by atoms with E-state index in [-0.39, 0.29) is 40.3 Å². The summed E-state index contributed by atoms with van der Waals surface area (Å²) in [6, 6.07) is 5.61. The normalized spacial score (nSPS) is 12.7. The minimum atomic E-state index is -2.94. The second-order valence-electron chi connectivity index (χ2n) is 8.81. The summed E-state index contributed by atoms with van der Waals surface area (Å²) >= 11 is 6.18. The van der Waals surface area contributed by atoms with Crippen molar-refractivity contribution in [2.45, 2.75) is 39.7 Å². The zero-order chi connectivity index (χ0) is 25.5. The number of halogens is 3. The number of rotatable bonds is 5. The number of hydrogen-bond acceptors (Lipinski definition) is 6. The Kier molecular flexibility index (Phi) is 6.37. The summed E-state index contributed by atoms with van der Waals surface area (Å²) in [5.41, 5.74) is -0.784. The first-order valence-electron chi connectivity index (χ1n) is 10.5. The lowest BCUT2D eigenvalue weighted by Crippen LogP contribution is -2.41. The van der Waals surface area contributed by atoms with Gasteiger partial charge in [0.25, 0.3) is 18.2 Å². The minimum absolute atomic E-state index is 0.000626. The standard InChI is InChI=1S/C23H22ClF2N5O4/c1-11-8-15-18(35-10-34-15)16(22(33)29-23(2,3)4)17(11)28-21(32)14-9-13(19(25)26)30-31(14)20-12(24)6-5-7-27-20/h5-9,19H,10H2,1-4H3,(H,28,32)(H,29,33). The molecule has 35 heavy (non-hydrogen) atoms. The number of carbonyl (C=O) groups excluding carboxylic acids is 2. The van der Waals surface area contributed by atoms with E-state index < -0.39 is 29.5 Å². The van der Waals surface area contributed by atoms with Crippen LogP contribution in [0.2, 0.25) is 5.02 Å². The lowest BCUT2D eigenvalue weighted by Gasteiger charge is -2.23. The van der Waals surface area contributed by atoms with Crippen LogP contribution in [-0.2, 0) is 0 Å². The van der Waals surface area contributed by atoms with E-state index in [1.165, 1.54) is 12.3 Å². The van der Waals surface area contributed by atoms with Crippen LogP contribution in [0.4, 0.5) is 14.5 Å².